The SMILES string of the molecule is COc1cc(C(O)N[C@H](Cc2ccc(-c3cccc(Cl)c3)cc2)C[C@@H](O)C(=O)O)on1. The maximum absolute atomic E-state index is 11.1. The van der Waals surface area contributed by atoms with Crippen LogP contribution in [-0.4, -0.2) is 45.7 Å². The minimum atomic E-state index is -1.58. The quantitative estimate of drug-likeness (QED) is 0.350. The summed E-state index contributed by atoms with van der Waals surface area (Å²) in [7, 11) is 1.42. The number of carbonyl (C=O) groups is 1. The molecule has 0 radical (unpaired) electrons. The zero-order valence-corrected chi connectivity index (χ0v) is 17.5. The molecule has 0 aliphatic heterocycles. The van der Waals surface area contributed by atoms with E-state index in [0.717, 1.165) is 16.7 Å². The van der Waals surface area contributed by atoms with Crippen LogP contribution in [0.4, 0.5) is 0 Å². The summed E-state index contributed by atoms with van der Waals surface area (Å²) in [4.78, 5) is 11.1. The Hall–Kier alpha value is -2.91. The lowest BCUT2D eigenvalue weighted by Gasteiger charge is -2.22. The molecule has 1 unspecified atom stereocenters. The van der Waals surface area contributed by atoms with Gasteiger partial charge in [-0.1, -0.05) is 48.0 Å². The maximum Gasteiger partial charge on any atom is 0.332 e. The lowest BCUT2D eigenvalue weighted by Crippen LogP contribution is -2.39. The number of hydrogen-bond donors (Lipinski definition) is 4. The number of aliphatic carboxylic acids is 1. The van der Waals surface area contributed by atoms with E-state index < -0.39 is 24.3 Å². The number of halogens is 1. The monoisotopic (exact) mass is 446 g/mol. The van der Waals surface area contributed by atoms with E-state index in [2.05, 4.69) is 10.5 Å². The van der Waals surface area contributed by atoms with Crippen LogP contribution >= 0.6 is 11.6 Å². The lowest BCUT2D eigenvalue weighted by atomic mass is 9.97. The van der Waals surface area contributed by atoms with Crippen molar-refractivity contribution in [3.63, 3.8) is 0 Å². The van der Waals surface area contributed by atoms with Gasteiger partial charge < -0.3 is 24.6 Å². The number of aromatic nitrogens is 1. The molecule has 0 aliphatic rings. The largest absolute Gasteiger partial charge is 0.479 e. The van der Waals surface area contributed by atoms with Gasteiger partial charge in [0.15, 0.2) is 18.1 Å². The van der Waals surface area contributed by atoms with Crippen molar-refractivity contribution in [3.8, 4) is 17.0 Å². The molecule has 1 aromatic heterocycles. The van der Waals surface area contributed by atoms with E-state index in [1.165, 1.54) is 13.2 Å². The van der Waals surface area contributed by atoms with Gasteiger partial charge in [0.25, 0.3) is 5.88 Å². The molecule has 164 valence electrons. The minimum absolute atomic E-state index is 0.114. The number of nitrogens with one attached hydrogen (secondary N) is 1. The molecule has 3 atom stereocenters. The van der Waals surface area contributed by atoms with Crippen molar-refractivity contribution >= 4 is 17.6 Å². The molecule has 0 saturated heterocycles. The number of aliphatic hydroxyl groups is 2. The van der Waals surface area contributed by atoms with Crippen molar-refractivity contribution in [2.24, 2.45) is 0 Å². The summed E-state index contributed by atoms with van der Waals surface area (Å²) in [5.41, 5.74) is 2.85. The van der Waals surface area contributed by atoms with Crippen LogP contribution in [0.1, 0.15) is 24.0 Å². The van der Waals surface area contributed by atoms with Gasteiger partial charge >= 0.3 is 5.97 Å². The molecule has 31 heavy (non-hydrogen) atoms. The van der Waals surface area contributed by atoms with Crippen LogP contribution in [0.3, 0.4) is 0 Å². The summed E-state index contributed by atoms with van der Waals surface area (Å²) in [6, 6.07) is 16.0. The zero-order valence-electron chi connectivity index (χ0n) is 16.7. The number of rotatable bonds is 10. The Bertz CT molecular complexity index is 1010. The van der Waals surface area contributed by atoms with Crippen LogP contribution in [0.2, 0.25) is 5.02 Å². The third-order valence-electron chi connectivity index (χ3n) is 4.77. The lowest BCUT2D eigenvalue weighted by molar-refractivity contribution is -0.147. The molecule has 1 heterocycles. The molecule has 4 N–H and O–H groups in total. The molecule has 0 fully saturated rings. The highest BCUT2D eigenvalue weighted by molar-refractivity contribution is 6.30. The molecule has 8 nitrogen and oxygen atoms in total. The van der Waals surface area contributed by atoms with Gasteiger partial charge in [-0.15, -0.1) is 0 Å². The van der Waals surface area contributed by atoms with E-state index >= 15 is 0 Å². The molecule has 0 bridgehead atoms. The summed E-state index contributed by atoms with van der Waals surface area (Å²) >= 11 is 6.06. The first kappa shape index (κ1) is 22.8. The van der Waals surface area contributed by atoms with Crippen molar-refractivity contribution in [1.29, 1.82) is 0 Å². The second kappa shape index (κ2) is 10.4. The van der Waals surface area contributed by atoms with Crippen LogP contribution in [0.25, 0.3) is 11.1 Å². The Morgan fingerprint density at radius 1 is 1.16 bits per heavy atom. The van der Waals surface area contributed by atoms with Gasteiger partial charge in [0, 0.05) is 17.1 Å². The molecule has 2 aromatic carbocycles. The highest BCUT2D eigenvalue weighted by atomic mass is 35.5. The van der Waals surface area contributed by atoms with Crippen molar-refractivity contribution in [1.82, 2.24) is 10.5 Å². The average Bonchev–Trinajstić information content (AvgIpc) is 3.23. The van der Waals surface area contributed by atoms with Crippen molar-refractivity contribution in [2.75, 3.05) is 7.11 Å². The second-order valence-electron chi connectivity index (χ2n) is 7.04. The summed E-state index contributed by atoms with van der Waals surface area (Å²) in [5, 5.41) is 36.5. The number of carboxylic acids is 1. The van der Waals surface area contributed by atoms with Gasteiger partial charge in [-0.05, 0) is 46.8 Å². The fraction of sp³-hybridized carbons (Fsp3) is 0.273. The number of carboxylic acid groups (broad SMARTS) is 1. The molecule has 0 saturated carbocycles. The van der Waals surface area contributed by atoms with Crippen LogP contribution < -0.4 is 10.1 Å². The predicted octanol–water partition coefficient (Wildman–Crippen LogP) is 3.03. The molecule has 0 aliphatic carbocycles. The highest BCUT2D eigenvalue weighted by Crippen LogP contribution is 2.24. The molecular formula is C22H23ClN2O6. The zero-order chi connectivity index (χ0) is 22.4. The number of benzene rings is 2. The fourth-order valence-corrected chi connectivity index (χ4v) is 3.36. The van der Waals surface area contributed by atoms with Crippen LogP contribution in [-0.2, 0) is 11.2 Å². The Balaban J connectivity index is 1.73. The van der Waals surface area contributed by atoms with E-state index in [1.807, 2.05) is 42.5 Å². The second-order valence-corrected chi connectivity index (χ2v) is 7.48. The van der Waals surface area contributed by atoms with Crippen molar-refractivity contribution in [3.05, 3.63) is 70.9 Å². The van der Waals surface area contributed by atoms with Gasteiger partial charge in [-0.2, -0.15) is 0 Å². The van der Waals surface area contributed by atoms with E-state index in [-0.39, 0.29) is 18.1 Å². The minimum Gasteiger partial charge on any atom is -0.479 e. The molecule has 9 heteroatoms. The normalized spacial score (nSPS) is 14.1. The molecule has 0 amide bonds. The maximum atomic E-state index is 11.1. The van der Waals surface area contributed by atoms with Crippen LogP contribution in [0.15, 0.2) is 59.1 Å². The average molecular weight is 447 g/mol. The van der Waals surface area contributed by atoms with Gasteiger partial charge in [-0.3, -0.25) is 5.32 Å². The summed E-state index contributed by atoms with van der Waals surface area (Å²) in [6.45, 7) is 0. The first-order valence-corrected chi connectivity index (χ1v) is 9.94. The summed E-state index contributed by atoms with van der Waals surface area (Å²) in [5.74, 6) is -1.02. The Labute approximate surface area is 184 Å². The number of methoxy groups -OCH3 is 1. The Morgan fingerprint density at radius 3 is 2.52 bits per heavy atom. The predicted molar refractivity (Wildman–Crippen MR) is 114 cm³/mol. The summed E-state index contributed by atoms with van der Waals surface area (Å²) in [6.07, 6.45) is -2.59. The topological polar surface area (TPSA) is 125 Å². The van der Waals surface area contributed by atoms with Gasteiger partial charge in [-0.25, -0.2) is 4.79 Å². The highest BCUT2D eigenvalue weighted by Gasteiger charge is 2.24. The Kier molecular flexibility index (Phi) is 7.64. The van der Waals surface area contributed by atoms with E-state index in [4.69, 9.17) is 26.0 Å². The van der Waals surface area contributed by atoms with E-state index in [0.29, 0.717) is 11.4 Å². The number of aliphatic hydroxyl groups excluding tert-OH is 2. The Morgan fingerprint density at radius 2 is 1.90 bits per heavy atom. The first-order valence-electron chi connectivity index (χ1n) is 9.56. The first-order chi connectivity index (χ1) is 14.9. The van der Waals surface area contributed by atoms with Gasteiger partial charge in [0.05, 0.1) is 7.11 Å². The summed E-state index contributed by atoms with van der Waals surface area (Å²) < 4.78 is 9.95. The van der Waals surface area contributed by atoms with Gasteiger partial charge in [0.1, 0.15) is 0 Å². The number of nitrogens with zero attached hydrogens (tertiary/aromatic N) is 1. The van der Waals surface area contributed by atoms with Gasteiger partial charge in [0.2, 0.25) is 0 Å². The van der Waals surface area contributed by atoms with Crippen molar-refractivity contribution < 1.29 is 29.4 Å². The van der Waals surface area contributed by atoms with Crippen LogP contribution in [0, 0.1) is 0 Å². The molecule has 3 rings (SSSR count). The van der Waals surface area contributed by atoms with E-state index in [1.54, 1.807) is 6.07 Å². The van der Waals surface area contributed by atoms with Crippen molar-refractivity contribution in [2.45, 2.75) is 31.2 Å². The third-order valence-corrected chi connectivity index (χ3v) is 5.00. The van der Waals surface area contributed by atoms with Crippen LogP contribution in [0.5, 0.6) is 5.88 Å². The standard InChI is InChI=1S/C22H23ClN2O6/c1-30-20-12-19(31-25-20)21(27)24-17(11-18(26)22(28)29)9-13-5-7-14(8-6-13)15-3-2-4-16(23)10-15/h2-8,10,12,17-18,21,24,26-27H,9,11H2,1H3,(H,28,29)/t17-,18-,21?/m1/s1. The number of hydrogen-bond acceptors (Lipinski definition) is 7. The molecule has 0 spiro atoms. The fourth-order valence-electron chi connectivity index (χ4n) is 3.17. The molecule has 3 aromatic rings. The third kappa shape index (κ3) is 6.28. The number of ether oxygens (including phenoxy) is 1. The smallest absolute Gasteiger partial charge is 0.332 e. The molecular weight excluding hydrogens is 424 g/mol. The van der Waals surface area contributed by atoms with E-state index in [9.17, 15) is 15.0 Å².